The molecule has 0 spiro atoms. The second kappa shape index (κ2) is 17.5. The van der Waals surface area contributed by atoms with Gasteiger partial charge < -0.3 is 20.7 Å². The maximum Gasteiger partial charge on any atom is 0.408 e. The maximum absolute atomic E-state index is 13.4. The summed E-state index contributed by atoms with van der Waals surface area (Å²) in [6.07, 6.45) is 1.40. The van der Waals surface area contributed by atoms with Crippen LogP contribution in [0, 0.1) is 0 Å². The minimum atomic E-state index is -0.856. The molecule has 4 aromatic rings. The van der Waals surface area contributed by atoms with Gasteiger partial charge in [0.1, 0.15) is 11.6 Å². The average Bonchev–Trinajstić information content (AvgIpc) is 3.55. The number of halogens is 2. The number of alkyl carbamates (subject to hydrolysis) is 1. The number of likely N-dealkylation sites (tertiary alicyclic amines) is 1. The van der Waals surface area contributed by atoms with E-state index in [1.807, 2.05) is 72.1 Å². The number of carbonyl (C=O) groups excluding carboxylic acids is 3. The molecule has 5 rings (SSSR count). The van der Waals surface area contributed by atoms with Crippen molar-refractivity contribution >= 4 is 69.9 Å². The van der Waals surface area contributed by atoms with Crippen LogP contribution in [0.3, 0.4) is 0 Å². The van der Waals surface area contributed by atoms with Crippen molar-refractivity contribution in [2.24, 2.45) is 0 Å². The van der Waals surface area contributed by atoms with Crippen LogP contribution in [0.5, 0.6) is 0 Å². The van der Waals surface area contributed by atoms with Crippen LogP contribution in [0.25, 0.3) is 11.3 Å². The lowest BCUT2D eigenvalue weighted by Gasteiger charge is -2.32. The fraction of sp³-hybridized carbons (Fsp3) is 0.351. The normalized spacial score (nSPS) is 14.5. The van der Waals surface area contributed by atoms with E-state index in [1.54, 1.807) is 26.8 Å². The number of ether oxygens (including phenoxy) is 1. The third-order valence-corrected chi connectivity index (χ3v) is 10.6. The van der Waals surface area contributed by atoms with E-state index in [-0.39, 0.29) is 23.6 Å². The number of hydrogen-bond donors (Lipinski definition) is 3. The Labute approximate surface area is 311 Å². The topological polar surface area (TPSA) is 113 Å². The lowest BCUT2D eigenvalue weighted by atomic mass is 10.0. The molecule has 0 radical (unpaired) electrons. The van der Waals surface area contributed by atoms with Gasteiger partial charge >= 0.3 is 6.09 Å². The highest BCUT2D eigenvalue weighted by atomic mass is 35.5. The molecule has 3 aromatic carbocycles. The first kappa shape index (κ1) is 37.6. The number of amides is 3. The third-order valence-electron chi connectivity index (χ3n) is 7.87. The van der Waals surface area contributed by atoms with E-state index in [1.165, 1.54) is 23.1 Å². The van der Waals surface area contributed by atoms with Crippen LogP contribution in [0.15, 0.2) is 82.5 Å². The smallest absolute Gasteiger partial charge is 0.408 e. The Morgan fingerprint density at radius 3 is 2.46 bits per heavy atom. The summed E-state index contributed by atoms with van der Waals surface area (Å²) in [5, 5.41) is 11.9. The second-order valence-electron chi connectivity index (χ2n) is 13.1. The molecule has 13 heteroatoms. The van der Waals surface area contributed by atoms with Crippen LogP contribution in [0.2, 0.25) is 10.0 Å². The van der Waals surface area contributed by atoms with Crippen molar-refractivity contribution in [3.63, 3.8) is 0 Å². The van der Waals surface area contributed by atoms with Crippen LogP contribution >= 0.6 is 46.3 Å². The number of benzene rings is 3. The summed E-state index contributed by atoms with van der Waals surface area (Å²) < 4.78 is 6.20. The number of hydrogen-bond acceptors (Lipinski definition) is 8. The Hall–Kier alpha value is -3.61. The molecule has 3 amide bonds. The SMILES string of the molecule is CC(C)(C)OC(=O)N[C@@H](Cc1ccccc1)C(=O)Nc1cccc(-c2csc(SCC(=O)NC3CCN(Cc4ccc(Cl)c(Cl)c4)CC3)n2)c1. The van der Waals surface area contributed by atoms with Gasteiger partial charge in [-0.3, -0.25) is 14.5 Å². The van der Waals surface area contributed by atoms with Crippen molar-refractivity contribution in [1.82, 2.24) is 20.5 Å². The molecule has 0 saturated carbocycles. The number of piperidine rings is 1. The summed E-state index contributed by atoms with van der Waals surface area (Å²) in [7, 11) is 0. The lowest BCUT2D eigenvalue weighted by molar-refractivity contribution is -0.119. The van der Waals surface area contributed by atoms with Crippen molar-refractivity contribution in [3.8, 4) is 11.3 Å². The van der Waals surface area contributed by atoms with Crippen LogP contribution in [-0.4, -0.2) is 64.3 Å². The molecule has 1 fully saturated rings. The minimum Gasteiger partial charge on any atom is -0.444 e. The summed E-state index contributed by atoms with van der Waals surface area (Å²) in [6, 6.07) is 21.9. The highest BCUT2D eigenvalue weighted by Crippen LogP contribution is 2.30. The summed E-state index contributed by atoms with van der Waals surface area (Å²) in [5.74, 6) is -0.0982. The number of thiazole rings is 1. The van der Waals surface area contributed by atoms with Gasteiger partial charge in [0.15, 0.2) is 4.34 Å². The number of anilines is 1. The predicted molar refractivity (Wildman–Crippen MR) is 203 cm³/mol. The van der Waals surface area contributed by atoms with Crippen LogP contribution in [-0.2, 0) is 27.3 Å². The highest BCUT2D eigenvalue weighted by Gasteiger charge is 2.25. The Balaban J connectivity index is 1.11. The summed E-state index contributed by atoms with van der Waals surface area (Å²) in [5.41, 5.74) is 3.46. The molecule has 264 valence electrons. The molecule has 1 atom stereocenters. The molecule has 1 saturated heterocycles. The molecule has 1 aliphatic rings. The molecule has 1 aromatic heterocycles. The Morgan fingerprint density at radius 2 is 1.74 bits per heavy atom. The van der Waals surface area contributed by atoms with Gasteiger partial charge in [-0.15, -0.1) is 11.3 Å². The van der Waals surface area contributed by atoms with E-state index in [0.29, 0.717) is 22.2 Å². The number of aromatic nitrogens is 1. The largest absolute Gasteiger partial charge is 0.444 e. The second-order valence-corrected chi connectivity index (χ2v) is 16.0. The van der Waals surface area contributed by atoms with E-state index in [0.717, 1.165) is 59.2 Å². The van der Waals surface area contributed by atoms with Crippen molar-refractivity contribution in [1.29, 1.82) is 0 Å². The third kappa shape index (κ3) is 11.7. The van der Waals surface area contributed by atoms with Crippen molar-refractivity contribution in [3.05, 3.63) is 99.3 Å². The standard InChI is InChI=1S/C37H41Cl2N5O4S2/c1-37(2,3)48-35(47)42-31(19-24-8-5-4-6-9-24)34(46)41-28-11-7-10-26(20-28)32-22-49-36(43-32)50-23-33(45)40-27-14-16-44(17-15-27)21-25-12-13-29(38)30(39)18-25/h4-13,18,20,22,27,31H,14-17,19,21,23H2,1-3H3,(H,40,45)(H,41,46)(H,42,47)/t31-/m0/s1. The highest BCUT2D eigenvalue weighted by molar-refractivity contribution is 8.01. The molecule has 0 unspecified atom stereocenters. The summed E-state index contributed by atoms with van der Waals surface area (Å²) in [4.78, 5) is 45.9. The molecule has 2 heterocycles. The van der Waals surface area contributed by atoms with Gasteiger partial charge in [-0.25, -0.2) is 9.78 Å². The molecule has 0 aliphatic carbocycles. The molecule has 50 heavy (non-hydrogen) atoms. The molecule has 9 nitrogen and oxygen atoms in total. The Kier molecular flexibility index (Phi) is 13.2. The first-order valence-corrected chi connectivity index (χ1v) is 19.0. The van der Waals surface area contributed by atoms with E-state index >= 15 is 0 Å². The molecule has 3 N–H and O–H groups in total. The van der Waals surface area contributed by atoms with Gasteiger partial charge in [-0.05, 0) is 69.0 Å². The van der Waals surface area contributed by atoms with Gasteiger partial charge in [0.2, 0.25) is 11.8 Å². The van der Waals surface area contributed by atoms with Gasteiger partial charge in [-0.2, -0.15) is 0 Å². The number of nitrogens with one attached hydrogen (secondary N) is 3. The zero-order chi connectivity index (χ0) is 35.7. The van der Waals surface area contributed by atoms with Gasteiger partial charge in [0.05, 0.1) is 21.5 Å². The minimum absolute atomic E-state index is 0.00978. The average molecular weight is 755 g/mol. The molecule has 1 aliphatic heterocycles. The van der Waals surface area contributed by atoms with E-state index in [4.69, 9.17) is 32.9 Å². The summed E-state index contributed by atoms with van der Waals surface area (Å²) in [6.45, 7) is 7.90. The van der Waals surface area contributed by atoms with Gasteiger partial charge in [0.25, 0.3) is 0 Å². The van der Waals surface area contributed by atoms with Crippen molar-refractivity contribution in [2.75, 3.05) is 24.2 Å². The molecular weight excluding hydrogens is 713 g/mol. The van der Waals surface area contributed by atoms with E-state index in [9.17, 15) is 14.4 Å². The zero-order valence-corrected chi connectivity index (χ0v) is 31.4. The monoisotopic (exact) mass is 753 g/mol. The van der Waals surface area contributed by atoms with Crippen molar-refractivity contribution < 1.29 is 19.1 Å². The quantitative estimate of drug-likeness (QED) is 0.126. The Morgan fingerprint density at radius 1 is 0.980 bits per heavy atom. The summed E-state index contributed by atoms with van der Waals surface area (Å²) >= 11 is 15.1. The van der Waals surface area contributed by atoms with Crippen LogP contribution in [0.4, 0.5) is 10.5 Å². The van der Waals surface area contributed by atoms with Crippen molar-refractivity contribution in [2.45, 2.75) is 68.6 Å². The maximum atomic E-state index is 13.4. The van der Waals surface area contributed by atoms with Crippen LogP contribution in [0.1, 0.15) is 44.7 Å². The van der Waals surface area contributed by atoms with Crippen LogP contribution < -0.4 is 16.0 Å². The predicted octanol–water partition coefficient (Wildman–Crippen LogP) is 8.06. The number of rotatable bonds is 12. The lowest BCUT2D eigenvalue weighted by Crippen LogP contribution is -2.47. The number of thioether (sulfide) groups is 1. The number of nitrogens with zero attached hydrogens (tertiary/aromatic N) is 2. The first-order valence-electron chi connectivity index (χ1n) is 16.4. The first-order chi connectivity index (χ1) is 23.9. The van der Waals surface area contributed by atoms with Gasteiger partial charge in [0, 0.05) is 48.7 Å². The van der Waals surface area contributed by atoms with E-state index in [2.05, 4.69) is 20.9 Å². The molecular formula is C37H41Cl2N5O4S2. The zero-order valence-electron chi connectivity index (χ0n) is 28.2. The number of carbonyl (C=O) groups is 3. The van der Waals surface area contributed by atoms with Gasteiger partial charge in [-0.1, -0.05) is 83.5 Å². The Bertz CT molecular complexity index is 1770. The fourth-order valence-corrected chi connectivity index (χ4v) is 7.45. The molecule has 0 bridgehead atoms. The fourth-order valence-electron chi connectivity index (χ4n) is 5.48. The van der Waals surface area contributed by atoms with E-state index < -0.39 is 17.7 Å².